The van der Waals surface area contributed by atoms with Crippen molar-refractivity contribution in [3.8, 4) is 0 Å². The van der Waals surface area contributed by atoms with Gasteiger partial charge in [0, 0.05) is 19.2 Å². The van der Waals surface area contributed by atoms with E-state index < -0.39 is 0 Å². The second-order valence-corrected chi connectivity index (χ2v) is 4.30. The van der Waals surface area contributed by atoms with Crippen LogP contribution in [0.15, 0.2) is 0 Å². The molecule has 0 unspecified atom stereocenters. The van der Waals surface area contributed by atoms with Gasteiger partial charge in [-0.2, -0.15) is 0 Å². The summed E-state index contributed by atoms with van der Waals surface area (Å²) in [7, 11) is 0. The minimum absolute atomic E-state index is 0.0226. The summed E-state index contributed by atoms with van der Waals surface area (Å²) in [4.78, 5) is 13.7. The van der Waals surface area contributed by atoms with Crippen LogP contribution in [0.2, 0.25) is 0 Å². The molecule has 0 aromatic rings. The van der Waals surface area contributed by atoms with Crippen LogP contribution in [0.3, 0.4) is 0 Å². The van der Waals surface area contributed by atoms with Crippen LogP contribution in [0.1, 0.15) is 39.0 Å². The number of carbonyl (C=O) groups is 1. The van der Waals surface area contributed by atoms with Crippen LogP contribution in [0.5, 0.6) is 0 Å². The molecular weight excluding hydrogens is 206 g/mol. The SMILES string of the molecule is CCCOCC(=O)N(CCO)C1CCCC1. The van der Waals surface area contributed by atoms with Gasteiger partial charge < -0.3 is 14.7 Å². The van der Waals surface area contributed by atoms with Crippen LogP contribution in [-0.4, -0.2) is 48.3 Å². The minimum Gasteiger partial charge on any atom is -0.395 e. The van der Waals surface area contributed by atoms with Crippen molar-refractivity contribution in [1.29, 1.82) is 0 Å². The molecule has 1 rings (SSSR count). The van der Waals surface area contributed by atoms with Gasteiger partial charge in [-0.3, -0.25) is 4.79 Å². The Balaban J connectivity index is 2.38. The zero-order valence-electron chi connectivity index (χ0n) is 10.2. The molecule has 0 atom stereocenters. The van der Waals surface area contributed by atoms with E-state index in [0.717, 1.165) is 19.3 Å². The number of ether oxygens (including phenoxy) is 1. The Hall–Kier alpha value is -0.610. The number of nitrogens with zero attached hydrogens (tertiary/aromatic N) is 1. The first-order valence-electron chi connectivity index (χ1n) is 6.27. The van der Waals surface area contributed by atoms with Crippen LogP contribution >= 0.6 is 0 Å². The minimum atomic E-state index is 0.0226. The van der Waals surface area contributed by atoms with Crippen LogP contribution in [0, 0.1) is 0 Å². The molecule has 4 heteroatoms. The molecule has 1 saturated carbocycles. The van der Waals surface area contributed by atoms with E-state index in [1.807, 2.05) is 6.92 Å². The largest absolute Gasteiger partial charge is 0.395 e. The molecule has 0 aromatic heterocycles. The molecule has 16 heavy (non-hydrogen) atoms. The standard InChI is InChI=1S/C12H23NO3/c1-2-9-16-10-12(15)13(7-8-14)11-5-3-4-6-11/h11,14H,2-10H2,1H3. The fourth-order valence-electron chi connectivity index (χ4n) is 2.22. The van der Waals surface area contributed by atoms with Crippen molar-refractivity contribution in [3.05, 3.63) is 0 Å². The summed E-state index contributed by atoms with van der Waals surface area (Å²) in [6, 6.07) is 0.324. The molecule has 1 aliphatic rings. The second-order valence-electron chi connectivity index (χ2n) is 4.30. The molecule has 1 N–H and O–H groups in total. The summed E-state index contributed by atoms with van der Waals surface area (Å²) < 4.78 is 5.26. The number of rotatable bonds is 7. The van der Waals surface area contributed by atoms with Crippen molar-refractivity contribution in [2.24, 2.45) is 0 Å². The van der Waals surface area contributed by atoms with E-state index in [9.17, 15) is 4.79 Å². The predicted octanol–water partition coefficient (Wildman–Crippen LogP) is 1.18. The number of aliphatic hydroxyl groups is 1. The molecule has 1 fully saturated rings. The number of amides is 1. The van der Waals surface area contributed by atoms with Crippen molar-refractivity contribution >= 4 is 5.91 Å². The number of aliphatic hydroxyl groups excluding tert-OH is 1. The molecule has 0 saturated heterocycles. The van der Waals surface area contributed by atoms with E-state index in [1.165, 1.54) is 12.8 Å². The molecule has 0 heterocycles. The van der Waals surface area contributed by atoms with Gasteiger partial charge in [0.25, 0.3) is 0 Å². The number of hydrogen-bond donors (Lipinski definition) is 1. The van der Waals surface area contributed by atoms with Crippen LogP contribution < -0.4 is 0 Å². The van der Waals surface area contributed by atoms with Gasteiger partial charge in [0.2, 0.25) is 5.91 Å². The lowest BCUT2D eigenvalue weighted by Gasteiger charge is -2.28. The van der Waals surface area contributed by atoms with Gasteiger partial charge in [-0.05, 0) is 19.3 Å². The highest BCUT2D eigenvalue weighted by Gasteiger charge is 2.25. The van der Waals surface area contributed by atoms with E-state index in [2.05, 4.69) is 0 Å². The van der Waals surface area contributed by atoms with Crippen molar-refractivity contribution in [3.63, 3.8) is 0 Å². The van der Waals surface area contributed by atoms with Gasteiger partial charge in [-0.15, -0.1) is 0 Å². The average Bonchev–Trinajstić information content (AvgIpc) is 2.79. The van der Waals surface area contributed by atoms with E-state index in [4.69, 9.17) is 9.84 Å². The summed E-state index contributed by atoms with van der Waals surface area (Å²) >= 11 is 0. The lowest BCUT2D eigenvalue weighted by molar-refractivity contribution is -0.139. The maximum absolute atomic E-state index is 11.9. The summed E-state index contributed by atoms with van der Waals surface area (Å²) in [5.41, 5.74) is 0. The smallest absolute Gasteiger partial charge is 0.248 e. The van der Waals surface area contributed by atoms with Crippen LogP contribution in [0.4, 0.5) is 0 Å². The van der Waals surface area contributed by atoms with Crippen LogP contribution in [0.25, 0.3) is 0 Å². The highest BCUT2D eigenvalue weighted by atomic mass is 16.5. The van der Waals surface area contributed by atoms with Crippen molar-refractivity contribution in [2.45, 2.75) is 45.1 Å². The normalized spacial score (nSPS) is 16.6. The highest BCUT2D eigenvalue weighted by molar-refractivity contribution is 5.77. The Morgan fingerprint density at radius 3 is 2.69 bits per heavy atom. The van der Waals surface area contributed by atoms with Crippen molar-refractivity contribution in [2.75, 3.05) is 26.4 Å². The topological polar surface area (TPSA) is 49.8 Å². The maximum atomic E-state index is 11.9. The molecule has 94 valence electrons. The summed E-state index contributed by atoms with van der Waals surface area (Å²) in [6.45, 7) is 3.29. The van der Waals surface area contributed by atoms with Crippen molar-refractivity contribution in [1.82, 2.24) is 4.90 Å². The molecule has 0 spiro atoms. The van der Waals surface area contributed by atoms with Gasteiger partial charge in [-0.25, -0.2) is 0 Å². The summed E-state index contributed by atoms with van der Waals surface area (Å²) in [5.74, 6) is 0.0226. The summed E-state index contributed by atoms with van der Waals surface area (Å²) in [5, 5.41) is 8.98. The van der Waals surface area contributed by atoms with Crippen LogP contribution in [-0.2, 0) is 9.53 Å². The fraction of sp³-hybridized carbons (Fsp3) is 0.917. The van der Waals surface area contributed by atoms with Gasteiger partial charge in [0.1, 0.15) is 6.61 Å². The summed E-state index contributed by atoms with van der Waals surface area (Å²) in [6.07, 6.45) is 5.45. The Morgan fingerprint density at radius 2 is 2.12 bits per heavy atom. The molecule has 0 radical (unpaired) electrons. The highest BCUT2D eigenvalue weighted by Crippen LogP contribution is 2.23. The zero-order valence-corrected chi connectivity index (χ0v) is 10.2. The number of carbonyl (C=O) groups excluding carboxylic acids is 1. The van der Waals surface area contributed by atoms with Gasteiger partial charge in [0.05, 0.1) is 6.61 Å². The third-order valence-electron chi connectivity index (χ3n) is 3.00. The maximum Gasteiger partial charge on any atom is 0.248 e. The number of hydrogen-bond acceptors (Lipinski definition) is 3. The lowest BCUT2D eigenvalue weighted by Crippen LogP contribution is -2.42. The Morgan fingerprint density at radius 1 is 1.44 bits per heavy atom. The van der Waals surface area contributed by atoms with E-state index >= 15 is 0 Å². The first kappa shape index (κ1) is 13.5. The van der Waals surface area contributed by atoms with E-state index in [-0.39, 0.29) is 19.1 Å². The molecule has 1 amide bonds. The Kier molecular flexibility index (Phi) is 6.42. The first-order chi connectivity index (χ1) is 7.79. The van der Waals surface area contributed by atoms with E-state index in [1.54, 1.807) is 4.90 Å². The molecule has 0 aliphatic heterocycles. The zero-order chi connectivity index (χ0) is 11.8. The fourth-order valence-corrected chi connectivity index (χ4v) is 2.22. The van der Waals surface area contributed by atoms with Gasteiger partial charge in [0.15, 0.2) is 0 Å². The van der Waals surface area contributed by atoms with E-state index in [0.29, 0.717) is 19.2 Å². The first-order valence-corrected chi connectivity index (χ1v) is 6.27. The molecule has 0 bridgehead atoms. The predicted molar refractivity (Wildman–Crippen MR) is 62.2 cm³/mol. The second kappa shape index (κ2) is 7.63. The Labute approximate surface area is 97.6 Å². The quantitative estimate of drug-likeness (QED) is 0.667. The van der Waals surface area contributed by atoms with Gasteiger partial charge in [-0.1, -0.05) is 19.8 Å². The van der Waals surface area contributed by atoms with Crippen molar-refractivity contribution < 1.29 is 14.6 Å². The lowest BCUT2D eigenvalue weighted by atomic mass is 10.2. The molecular formula is C12H23NO3. The third kappa shape index (κ3) is 4.10. The third-order valence-corrected chi connectivity index (χ3v) is 3.00. The molecule has 4 nitrogen and oxygen atoms in total. The Bertz CT molecular complexity index is 202. The average molecular weight is 229 g/mol. The molecule has 0 aromatic carbocycles. The molecule has 1 aliphatic carbocycles. The monoisotopic (exact) mass is 229 g/mol. The van der Waals surface area contributed by atoms with Gasteiger partial charge >= 0.3 is 0 Å².